The van der Waals surface area contributed by atoms with Gasteiger partial charge in [-0.1, -0.05) is 68.8 Å². The third-order valence-corrected chi connectivity index (χ3v) is 7.41. The minimum Gasteiger partial charge on any atom is -0.748 e. The monoisotopic (exact) mass is 604 g/mol. The summed E-state index contributed by atoms with van der Waals surface area (Å²) in [6.07, 6.45) is 0.350. The number of halogens is 1. The fourth-order valence-electron chi connectivity index (χ4n) is 4.24. The fourth-order valence-corrected chi connectivity index (χ4v) is 4.77. The maximum Gasteiger partial charge on any atom is 1.00 e. The molecule has 41 heavy (non-hydrogen) atoms. The quantitative estimate of drug-likeness (QED) is 0.196. The van der Waals surface area contributed by atoms with Crippen molar-refractivity contribution in [2.45, 2.75) is 38.5 Å². The topological polar surface area (TPSA) is 144 Å². The molecule has 0 bridgehead atoms. The molecule has 0 spiro atoms. The Balaban J connectivity index is 0.00000462. The van der Waals surface area contributed by atoms with E-state index in [0.717, 1.165) is 16.7 Å². The van der Waals surface area contributed by atoms with Crippen LogP contribution >= 0.6 is 11.6 Å². The van der Waals surface area contributed by atoms with Gasteiger partial charge in [-0.05, 0) is 58.9 Å². The van der Waals surface area contributed by atoms with E-state index in [1.807, 2.05) is 24.3 Å². The molecular weight excluding hydrogens is 575 g/mol. The number of carbonyl (C=O) groups is 2. The first-order valence-electron chi connectivity index (χ1n) is 12.7. The van der Waals surface area contributed by atoms with Crippen LogP contribution in [0.15, 0.2) is 66.7 Å². The molecule has 1 heterocycles. The van der Waals surface area contributed by atoms with Crippen LogP contribution in [0.1, 0.15) is 53.7 Å². The van der Waals surface area contributed by atoms with E-state index in [1.165, 1.54) is 0 Å². The van der Waals surface area contributed by atoms with Crippen molar-refractivity contribution in [3.8, 4) is 0 Å². The van der Waals surface area contributed by atoms with Crippen LogP contribution in [0.4, 0.5) is 5.95 Å². The minimum atomic E-state index is -4.42. The number of aromatic amines is 1. The fraction of sp³-hybridized carbons (Fsp3) is 0.276. The van der Waals surface area contributed by atoms with Crippen LogP contribution in [-0.2, 0) is 26.7 Å². The summed E-state index contributed by atoms with van der Waals surface area (Å²) in [5.41, 5.74) is 4.43. The standard InChI is InChI=1S/C29H31ClN4O5S.Na/c1-29(2,3)21-10-8-19(9-11-21)23(27(36)34-28-32-24-13-12-22(30)17-25(24)33-28)16-18-4-6-20(7-5-18)26(35)31-14-15-40(37,38)39;/h4-13,17,23H,14-16H2,1-3H3,(H,31,35)(H,37,38,39)(H2,32,33,34,36);/q;+1/p-1. The number of imidazole rings is 1. The molecule has 2 amide bonds. The van der Waals surface area contributed by atoms with Gasteiger partial charge in [0.25, 0.3) is 5.91 Å². The zero-order chi connectivity index (χ0) is 29.1. The van der Waals surface area contributed by atoms with Gasteiger partial charge >= 0.3 is 29.6 Å². The molecule has 0 saturated carbocycles. The van der Waals surface area contributed by atoms with Crippen LogP contribution < -0.4 is 40.2 Å². The number of nitrogens with one attached hydrogen (secondary N) is 3. The molecule has 0 saturated heterocycles. The SMILES string of the molecule is CC(C)(C)c1ccc(C(Cc2ccc(C(=O)NCCS(=O)(=O)[O-])cc2)C(=O)Nc2nc3ccc(Cl)cc3[nH]2)cc1.[Na+]. The molecule has 12 heteroatoms. The third-order valence-electron chi connectivity index (χ3n) is 6.47. The Morgan fingerprint density at radius 1 is 1.02 bits per heavy atom. The molecule has 3 N–H and O–H groups in total. The maximum atomic E-state index is 13.6. The Morgan fingerprint density at radius 3 is 2.29 bits per heavy atom. The number of fused-ring (bicyclic) bond motifs is 1. The van der Waals surface area contributed by atoms with Crippen LogP contribution in [0.25, 0.3) is 11.0 Å². The predicted molar refractivity (Wildman–Crippen MR) is 155 cm³/mol. The molecule has 9 nitrogen and oxygen atoms in total. The summed E-state index contributed by atoms with van der Waals surface area (Å²) in [7, 11) is -4.42. The molecule has 4 aromatic rings. The van der Waals surface area contributed by atoms with E-state index in [4.69, 9.17) is 11.6 Å². The van der Waals surface area contributed by atoms with Gasteiger partial charge in [0, 0.05) is 17.1 Å². The van der Waals surface area contributed by atoms with Gasteiger partial charge in [0.05, 0.1) is 32.8 Å². The molecule has 4 rings (SSSR count). The normalized spacial score (nSPS) is 12.4. The van der Waals surface area contributed by atoms with E-state index in [2.05, 4.69) is 41.4 Å². The Labute approximate surface area is 266 Å². The van der Waals surface area contributed by atoms with E-state index < -0.39 is 27.7 Å². The maximum absolute atomic E-state index is 13.6. The molecule has 0 aliphatic heterocycles. The molecule has 1 unspecified atom stereocenters. The van der Waals surface area contributed by atoms with Crippen molar-refractivity contribution in [2.24, 2.45) is 0 Å². The number of anilines is 1. The molecule has 0 radical (unpaired) electrons. The summed E-state index contributed by atoms with van der Waals surface area (Å²) in [5.74, 6) is -1.68. The average molecular weight is 605 g/mol. The van der Waals surface area contributed by atoms with Crippen LogP contribution in [0.5, 0.6) is 0 Å². The number of rotatable bonds is 9. The van der Waals surface area contributed by atoms with Crippen LogP contribution in [0, 0.1) is 0 Å². The van der Waals surface area contributed by atoms with Crippen molar-refractivity contribution in [1.29, 1.82) is 0 Å². The van der Waals surface area contributed by atoms with Gasteiger partial charge in [-0.25, -0.2) is 13.4 Å². The number of benzene rings is 3. The average Bonchev–Trinajstić information content (AvgIpc) is 3.27. The zero-order valence-electron chi connectivity index (χ0n) is 23.3. The van der Waals surface area contributed by atoms with Crippen LogP contribution in [0.2, 0.25) is 5.02 Å². The van der Waals surface area contributed by atoms with Crippen LogP contribution in [-0.4, -0.2) is 47.1 Å². The van der Waals surface area contributed by atoms with Crippen molar-refractivity contribution < 1.29 is 52.1 Å². The summed E-state index contributed by atoms with van der Waals surface area (Å²) in [4.78, 5) is 33.4. The first-order chi connectivity index (χ1) is 18.8. The van der Waals surface area contributed by atoms with Gasteiger partial charge < -0.3 is 14.9 Å². The van der Waals surface area contributed by atoms with E-state index in [0.29, 0.717) is 34.0 Å². The van der Waals surface area contributed by atoms with Gasteiger partial charge in [0.1, 0.15) is 0 Å². The second kappa shape index (κ2) is 13.5. The van der Waals surface area contributed by atoms with E-state index in [1.54, 1.807) is 42.5 Å². The number of H-pyrrole nitrogens is 1. The third kappa shape index (κ3) is 9.13. The smallest absolute Gasteiger partial charge is 0.748 e. The van der Waals surface area contributed by atoms with Crippen molar-refractivity contribution in [3.63, 3.8) is 0 Å². The van der Waals surface area contributed by atoms with E-state index in [-0.39, 0.29) is 47.4 Å². The van der Waals surface area contributed by atoms with Gasteiger partial charge in [-0.2, -0.15) is 0 Å². The predicted octanol–water partition coefficient (Wildman–Crippen LogP) is 1.76. The Bertz CT molecular complexity index is 1630. The zero-order valence-corrected chi connectivity index (χ0v) is 26.9. The Kier molecular flexibility index (Phi) is 10.8. The number of hydrogen-bond acceptors (Lipinski definition) is 6. The number of carbonyl (C=O) groups excluding carboxylic acids is 2. The number of amides is 2. The first-order valence-corrected chi connectivity index (χ1v) is 14.6. The van der Waals surface area contributed by atoms with Gasteiger partial charge in [-0.3, -0.25) is 14.9 Å². The summed E-state index contributed by atoms with van der Waals surface area (Å²) in [6, 6.07) is 19.9. The minimum absolute atomic E-state index is 0. The molecule has 0 aliphatic rings. The van der Waals surface area contributed by atoms with Gasteiger partial charge in [-0.15, -0.1) is 0 Å². The number of hydrogen-bond donors (Lipinski definition) is 3. The molecule has 0 aliphatic carbocycles. The van der Waals surface area contributed by atoms with Gasteiger partial charge in [0.15, 0.2) is 0 Å². The van der Waals surface area contributed by atoms with Crippen LogP contribution in [0.3, 0.4) is 0 Å². The second-order valence-corrected chi connectivity index (χ2v) is 12.5. The Morgan fingerprint density at radius 2 is 1.68 bits per heavy atom. The Hall–Kier alpha value is -2.73. The molecule has 1 aromatic heterocycles. The number of nitrogens with zero attached hydrogens (tertiary/aromatic N) is 1. The molecule has 210 valence electrons. The summed E-state index contributed by atoms with van der Waals surface area (Å²) in [5, 5.41) is 5.86. The summed E-state index contributed by atoms with van der Waals surface area (Å²) < 4.78 is 32.3. The largest absolute Gasteiger partial charge is 1.00 e. The van der Waals surface area contributed by atoms with Gasteiger partial charge in [0.2, 0.25) is 11.9 Å². The first kappa shape index (κ1) is 32.8. The van der Waals surface area contributed by atoms with Crippen molar-refractivity contribution in [3.05, 3.63) is 94.0 Å². The van der Waals surface area contributed by atoms with Crippen molar-refractivity contribution >= 4 is 50.5 Å². The number of aromatic nitrogens is 2. The van der Waals surface area contributed by atoms with Crippen molar-refractivity contribution in [1.82, 2.24) is 15.3 Å². The second-order valence-electron chi connectivity index (χ2n) is 10.6. The van der Waals surface area contributed by atoms with E-state index >= 15 is 0 Å². The molecule has 0 fully saturated rings. The van der Waals surface area contributed by atoms with Crippen molar-refractivity contribution in [2.75, 3.05) is 17.6 Å². The molecular formula is C29H30ClN4NaO5S. The van der Waals surface area contributed by atoms with E-state index in [9.17, 15) is 22.6 Å². The summed E-state index contributed by atoms with van der Waals surface area (Å²) >= 11 is 6.08. The summed E-state index contributed by atoms with van der Waals surface area (Å²) in [6.45, 7) is 6.10. The molecule has 1 atom stereocenters. The molecule has 3 aromatic carbocycles.